The van der Waals surface area contributed by atoms with E-state index >= 15 is 0 Å². The summed E-state index contributed by atoms with van der Waals surface area (Å²) in [5.41, 5.74) is 3.33. The lowest BCUT2D eigenvalue weighted by molar-refractivity contribution is -0.127. The number of fused-ring (bicyclic) bond motifs is 1. The van der Waals surface area contributed by atoms with Gasteiger partial charge in [0.1, 0.15) is 6.54 Å². The zero-order valence-electron chi connectivity index (χ0n) is 25.4. The summed E-state index contributed by atoms with van der Waals surface area (Å²) in [7, 11) is 4.41. The van der Waals surface area contributed by atoms with Crippen molar-refractivity contribution in [3.63, 3.8) is 0 Å². The average molecular weight is 620 g/mol. The summed E-state index contributed by atoms with van der Waals surface area (Å²) in [5, 5.41) is 11.7. The molecule has 0 atom stereocenters. The van der Waals surface area contributed by atoms with Crippen LogP contribution < -0.4 is 4.31 Å². The topological polar surface area (TPSA) is 136 Å². The zero-order valence-corrected chi connectivity index (χ0v) is 26.3. The van der Waals surface area contributed by atoms with Crippen LogP contribution in [-0.4, -0.2) is 100 Å². The number of benzene rings is 3. The van der Waals surface area contributed by atoms with Gasteiger partial charge in [-0.15, -0.1) is 0 Å². The third kappa shape index (κ3) is 7.44. The van der Waals surface area contributed by atoms with E-state index in [9.17, 15) is 23.1 Å². The number of ether oxygens (including phenoxy) is 1. The summed E-state index contributed by atoms with van der Waals surface area (Å²) in [4.78, 5) is 35.7. The van der Waals surface area contributed by atoms with Crippen molar-refractivity contribution >= 4 is 49.9 Å². The quantitative estimate of drug-likeness (QED) is 0.181. The average Bonchev–Trinajstić information content (AvgIpc) is 3.33. The summed E-state index contributed by atoms with van der Waals surface area (Å²) < 4.78 is 32.7. The van der Waals surface area contributed by atoms with Gasteiger partial charge in [-0.2, -0.15) is 0 Å². The molecule has 0 radical (unpaired) electrons. The molecule has 2 N–H and O–H groups in total. The third-order valence-corrected chi connectivity index (χ3v) is 8.80. The van der Waals surface area contributed by atoms with E-state index in [1.54, 1.807) is 56.6 Å². The minimum absolute atomic E-state index is 0.110. The van der Waals surface area contributed by atoms with Gasteiger partial charge in [-0.05, 0) is 63.5 Å². The monoisotopic (exact) mass is 619 g/mol. The maximum Gasteiger partial charge on any atom is 0.337 e. The first-order chi connectivity index (χ1) is 20.9. The highest BCUT2D eigenvalue weighted by Crippen LogP contribution is 2.33. The van der Waals surface area contributed by atoms with Gasteiger partial charge in [-0.3, -0.25) is 9.10 Å². The van der Waals surface area contributed by atoms with Crippen molar-refractivity contribution in [2.75, 3.05) is 58.4 Å². The number of carbonyl (C=O) groups is 2. The lowest BCUT2D eigenvalue weighted by Crippen LogP contribution is -2.41. The van der Waals surface area contributed by atoms with Crippen LogP contribution in [0.5, 0.6) is 5.88 Å². The summed E-state index contributed by atoms with van der Waals surface area (Å²) >= 11 is 0. The minimum Gasteiger partial charge on any atom is -0.494 e. The number of aromatic hydroxyl groups is 1. The molecule has 0 saturated heterocycles. The van der Waals surface area contributed by atoms with Gasteiger partial charge >= 0.3 is 5.97 Å². The van der Waals surface area contributed by atoms with Crippen LogP contribution in [0.3, 0.4) is 0 Å². The zero-order chi connectivity index (χ0) is 32.0. The Labute approximate surface area is 257 Å². The number of rotatable bonds is 12. The van der Waals surface area contributed by atoms with E-state index in [4.69, 9.17) is 9.73 Å². The van der Waals surface area contributed by atoms with Crippen LogP contribution in [0.4, 0.5) is 11.4 Å². The number of aromatic amines is 1. The molecule has 0 fully saturated rings. The second kappa shape index (κ2) is 13.7. The fourth-order valence-corrected chi connectivity index (χ4v) is 6.10. The molecule has 11 nitrogen and oxygen atoms in total. The number of nitrogens with one attached hydrogen (secondary N) is 1. The van der Waals surface area contributed by atoms with E-state index in [0.29, 0.717) is 52.1 Å². The molecule has 4 rings (SSSR count). The van der Waals surface area contributed by atoms with Crippen LogP contribution in [0, 0.1) is 0 Å². The largest absolute Gasteiger partial charge is 0.494 e. The summed E-state index contributed by atoms with van der Waals surface area (Å²) in [6.45, 7) is 0.265. The number of carbonyl (C=O) groups excluding carboxylic acids is 2. The first-order valence-electron chi connectivity index (χ1n) is 13.9. The molecule has 0 unspecified atom stereocenters. The van der Waals surface area contributed by atoms with Crippen molar-refractivity contribution in [1.29, 1.82) is 0 Å². The van der Waals surface area contributed by atoms with Crippen molar-refractivity contribution in [3.05, 3.63) is 89.5 Å². The molecule has 3 aromatic carbocycles. The minimum atomic E-state index is -3.80. The Morgan fingerprint density at radius 2 is 1.61 bits per heavy atom. The van der Waals surface area contributed by atoms with Gasteiger partial charge in [0.15, 0.2) is 5.88 Å². The molecule has 12 heteroatoms. The van der Waals surface area contributed by atoms with E-state index in [2.05, 4.69) is 4.98 Å². The Morgan fingerprint density at radius 3 is 2.23 bits per heavy atom. The molecule has 0 spiro atoms. The highest BCUT2D eigenvalue weighted by atomic mass is 32.2. The predicted octanol–water partition coefficient (Wildman–Crippen LogP) is 4.01. The van der Waals surface area contributed by atoms with Gasteiger partial charge in [0.2, 0.25) is 15.9 Å². The number of H-pyrrole nitrogens is 1. The maximum atomic E-state index is 13.4. The smallest absolute Gasteiger partial charge is 0.337 e. The molecule has 0 aliphatic carbocycles. The van der Waals surface area contributed by atoms with E-state index in [-0.39, 0.29) is 24.1 Å². The number of sulfonamides is 1. The summed E-state index contributed by atoms with van der Waals surface area (Å²) in [5.74, 6) is -1.08. The second-order valence-electron chi connectivity index (χ2n) is 10.7. The number of methoxy groups -OCH3 is 1. The standard InChI is InChI=1S/C32H37N5O6S/c1-35(2)18-9-19-44(41,42)37(21-28(38)36(3)4)25-15-13-24(14-16-25)33-30(22-10-7-6-8-11-22)29-26-17-12-23(32(40)43-5)20-27(26)34-31(29)39/h6-8,10-17,20,34,39H,9,18-19,21H2,1-5H3. The van der Waals surface area contributed by atoms with Crippen LogP contribution in [0.25, 0.3) is 10.9 Å². The SMILES string of the molecule is COC(=O)c1ccc2c(C(=Nc3ccc(N(CC(=O)N(C)C)S(=O)(=O)CCCN(C)C)cc3)c3ccccc3)c(O)[nH]c2c1. The summed E-state index contributed by atoms with van der Waals surface area (Å²) in [6, 6.07) is 20.8. The number of likely N-dealkylation sites (N-methyl/N-ethyl adjacent to an activating group) is 1. The van der Waals surface area contributed by atoms with E-state index in [1.807, 2.05) is 49.3 Å². The van der Waals surface area contributed by atoms with E-state index in [0.717, 1.165) is 9.87 Å². The van der Waals surface area contributed by atoms with Crippen molar-refractivity contribution in [2.45, 2.75) is 6.42 Å². The Morgan fingerprint density at radius 1 is 0.932 bits per heavy atom. The fraction of sp³-hybridized carbons (Fsp3) is 0.281. The Hall–Kier alpha value is -4.68. The number of amides is 1. The first-order valence-corrected chi connectivity index (χ1v) is 15.5. The van der Waals surface area contributed by atoms with Crippen LogP contribution in [0.1, 0.15) is 27.9 Å². The predicted molar refractivity (Wildman–Crippen MR) is 172 cm³/mol. The van der Waals surface area contributed by atoms with Crippen LogP contribution in [0.2, 0.25) is 0 Å². The molecule has 4 aromatic rings. The van der Waals surface area contributed by atoms with Crippen LogP contribution >= 0.6 is 0 Å². The van der Waals surface area contributed by atoms with Gasteiger partial charge in [0.25, 0.3) is 0 Å². The highest BCUT2D eigenvalue weighted by Gasteiger charge is 2.26. The lowest BCUT2D eigenvalue weighted by atomic mass is 10.00. The van der Waals surface area contributed by atoms with Gasteiger partial charge in [0, 0.05) is 30.6 Å². The summed E-state index contributed by atoms with van der Waals surface area (Å²) in [6.07, 6.45) is 0.417. The molecule has 0 aliphatic heterocycles. The molecule has 1 heterocycles. The first kappa shape index (κ1) is 32.2. The molecule has 44 heavy (non-hydrogen) atoms. The number of hydrogen-bond acceptors (Lipinski definition) is 8. The molecule has 0 aliphatic rings. The number of anilines is 1. The van der Waals surface area contributed by atoms with Crippen LogP contribution in [0.15, 0.2) is 77.8 Å². The van der Waals surface area contributed by atoms with Gasteiger partial charge < -0.3 is 24.6 Å². The number of esters is 1. The number of aliphatic imine (C=N–C) groups is 1. The second-order valence-corrected chi connectivity index (χ2v) is 12.7. The van der Waals surface area contributed by atoms with Crippen molar-refractivity contribution in [2.24, 2.45) is 4.99 Å². The van der Waals surface area contributed by atoms with E-state index in [1.165, 1.54) is 12.0 Å². The van der Waals surface area contributed by atoms with Crippen molar-refractivity contribution in [1.82, 2.24) is 14.8 Å². The molecule has 1 aromatic heterocycles. The number of aromatic nitrogens is 1. The van der Waals surface area contributed by atoms with Gasteiger partial charge in [-0.1, -0.05) is 36.4 Å². The Balaban J connectivity index is 1.76. The highest BCUT2D eigenvalue weighted by molar-refractivity contribution is 7.92. The van der Waals surface area contributed by atoms with Crippen LogP contribution in [-0.2, 0) is 19.6 Å². The van der Waals surface area contributed by atoms with Gasteiger partial charge in [-0.25, -0.2) is 18.2 Å². The normalized spacial score (nSPS) is 12.0. The molecular formula is C32H37N5O6S. The molecule has 0 bridgehead atoms. The third-order valence-electron chi connectivity index (χ3n) is 6.98. The van der Waals surface area contributed by atoms with Crippen molar-refractivity contribution < 1.29 is 27.9 Å². The fourth-order valence-electron chi connectivity index (χ4n) is 4.64. The number of hydrogen-bond donors (Lipinski definition) is 2. The van der Waals surface area contributed by atoms with Gasteiger partial charge in [0.05, 0.1) is 41.1 Å². The molecule has 0 saturated carbocycles. The van der Waals surface area contributed by atoms with E-state index < -0.39 is 16.0 Å². The van der Waals surface area contributed by atoms with Crippen molar-refractivity contribution in [3.8, 4) is 5.88 Å². The molecule has 1 amide bonds. The lowest BCUT2D eigenvalue weighted by Gasteiger charge is -2.25. The number of nitrogens with zero attached hydrogens (tertiary/aromatic N) is 4. The Bertz CT molecular complexity index is 1760. The Kier molecular flexibility index (Phi) is 10.1. The maximum absolute atomic E-state index is 13.4. The molecule has 232 valence electrons. The molecular weight excluding hydrogens is 582 g/mol.